The van der Waals surface area contributed by atoms with Gasteiger partial charge in [0.25, 0.3) is 0 Å². The number of H-pyrrole nitrogens is 1. The number of hydrogen-bond donors (Lipinski definition) is 1. The normalized spacial score (nSPS) is 12.1. The molecule has 2 amide bonds. The molecule has 0 fully saturated rings. The number of carbonyl (C=O) groups is 2. The minimum absolute atomic E-state index is 0.398. The van der Waals surface area contributed by atoms with Gasteiger partial charge in [0.05, 0.1) is 5.69 Å². The summed E-state index contributed by atoms with van der Waals surface area (Å²) >= 11 is 0. The van der Waals surface area contributed by atoms with E-state index in [1.165, 1.54) is 0 Å². The van der Waals surface area contributed by atoms with Gasteiger partial charge in [-0.3, -0.25) is 0 Å². The molecule has 0 saturated heterocycles. The summed E-state index contributed by atoms with van der Waals surface area (Å²) in [6.45, 7) is 12.4. The van der Waals surface area contributed by atoms with Gasteiger partial charge in [-0.1, -0.05) is 0 Å². The third kappa shape index (κ3) is 4.98. The molecular formula is C19H26N2O4. The van der Waals surface area contributed by atoms with Gasteiger partial charge >= 0.3 is 12.2 Å². The second kappa shape index (κ2) is 6.43. The van der Waals surface area contributed by atoms with E-state index < -0.39 is 23.4 Å². The van der Waals surface area contributed by atoms with Crippen LogP contribution in [0, 0.1) is 6.92 Å². The molecule has 1 N–H and O–H groups in total. The van der Waals surface area contributed by atoms with E-state index in [1.54, 1.807) is 53.7 Å². The maximum absolute atomic E-state index is 12.6. The van der Waals surface area contributed by atoms with E-state index in [9.17, 15) is 9.59 Å². The molecule has 6 nitrogen and oxygen atoms in total. The fourth-order valence-corrected chi connectivity index (χ4v) is 2.30. The van der Waals surface area contributed by atoms with Crippen LogP contribution in [0.15, 0.2) is 24.3 Å². The highest BCUT2D eigenvalue weighted by Crippen LogP contribution is 2.26. The van der Waals surface area contributed by atoms with Crippen molar-refractivity contribution in [2.24, 2.45) is 0 Å². The van der Waals surface area contributed by atoms with Crippen molar-refractivity contribution in [3.63, 3.8) is 0 Å². The number of nitrogens with zero attached hydrogens (tertiary/aromatic N) is 1. The van der Waals surface area contributed by atoms with E-state index in [0.29, 0.717) is 5.69 Å². The highest BCUT2D eigenvalue weighted by molar-refractivity contribution is 6.10. The third-order valence-corrected chi connectivity index (χ3v) is 3.15. The Morgan fingerprint density at radius 1 is 0.920 bits per heavy atom. The van der Waals surface area contributed by atoms with Crippen molar-refractivity contribution < 1.29 is 19.1 Å². The quantitative estimate of drug-likeness (QED) is 0.775. The minimum atomic E-state index is -0.770. The Morgan fingerprint density at radius 2 is 1.44 bits per heavy atom. The zero-order valence-electron chi connectivity index (χ0n) is 15.9. The van der Waals surface area contributed by atoms with E-state index in [1.807, 2.05) is 19.1 Å². The molecule has 6 heteroatoms. The van der Waals surface area contributed by atoms with E-state index in [2.05, 4.69) is 4.98 Å². The van der Waals surface area contributed by atoms with Gasteiger partial charge in [-0.05, 0) is 72.7 Å². The summed E-state index contributed by atoms with van der Waals surface area (Å²) in [5.74, 6) is 0. The van der Waals surface area contributed by atoms with Gasteiger partial charge in [-0.2, -0.15) is 4.90 Å². The van der Waals surface area contributed by atoms with Crippen LogP contribution < -0.4 is 4.90 Å². The third-order valence-electron chi connectivity index (χ3n) is 3.15. The van der Waals surface area contributed by atoms with Crippen molar-refractivity contribution in [3.05, 3.63) is 30.0 Å². The van der Waals surface area contributed by atoms with Crippen LogP contribution in [0.2, 0.25) is 0 Å². The maximum Gasteiger partial charge on any atom is 0.424 e. The summed E-state index contributed by atoms with van der Waals surface area (Å²) < 4.78 is 10.8. The molecule has 0 spiro atoms. The van der Waals surface area contributed by atoms with Gasteiger partial charge in [0.15, 0.2) is 0 Å². The van der Waals surface area contributed by atoms with Crippen LogP contribution >= 0.6 is 0 Å². The van der Waals surface area contributed by atoms with Gasteiger partial charge in [0.1, 0.15) is 11.2 Å². The monoisotopic (exact) mass is 346 g/mol. The molecule has 1 aromatic heterocycles. The first-order valence-corrected chi connectivity index (χ1v) is 8.21. The maximum atomic E-state index is 12.6. The van der Waals surface area contributed by atoms with Crippen LogP contribution in [0.25, 0.3) is 10.9 Å². The van der Waals surface area contributed by atoms with Gasteiger partial charge in [-0.15, -0.1) is 0 Å². The lowest BCUT2D eigenvalue weighted by Gasteiger charge is -2.28. The molecule has 2 rings (SSSR count). The van der Waals surface area contributed by atoms with Crippen LogP contribution in [0.5, 0.6) is 0 Å². The largest absolute Gasteiger partial charge is 0.443 e. The lowest BCUT2D eigenvalue weighted by Crippen LogP contribution is -2.43. The fourth-order valence-electron chi connectivity index (χ4n) is 2.30. The Morgan fingerprint density at radius 3 is 1.92 bits per heavy atom. The highest BCUT2D eigenvalue weighted by Gasteiger charge is 2.32. The number of rotatable bonds is 1. The summed E-state index contributed by atoms with van der Waals surface area (Å²) in [7, 11) is 0. The number of ether oxygens (including phenoxy) is 2. The molecule has 0 aliphatic rings. The lowest BCUT2D eigenvalue weighted by atomic mass is 10.2. The van der Waals surface area contributed by atoms with Crippen molar-refractivity contribution in [3.8, 4) is 0 Å². The summed E-state index contributed by atoms with van der Waals surface area (Å²) in [5, 5.41) is 0.895. The van der Waals surface area contributed by atoms with Crippen molar-refractivity contribution in [1.82, 2.24) is 4.98 Å². The van der Waals surface area contributed by atoms with E-state index in [4.69, 9.17) is 9.47 Å². The molecule has 0 bridgehead atoms. The summed E-state index contributed by atoms with van der Waals surface area (Å²) in [5.41, 5.74) is 0.857. The van der Waals surface area contributed by atoms with Crippen LogP contribution in [-0.2, 0) is 9.47 Å². The molecule has 0 radical (unpaired) electrons. The number of benzene rings is 1. The molecule has 136 valence electrons. The number of amides is 2. The second-order valence-corrected chi connectivity index (χ2v) is 8.02. The molecule has 1 aromatic carbocycles. The first-order valence-electron chi connectivity index (χ1n) is 8.21. The number of imide groups is 1. The molecule has 2 aromatic rings. The number of fused-ring (bicyclic) bond motifs is 1. The molecule has 1 heterocycles. The fraction of sp³-hybridized carbons (Fsp3) is 0.474. The van der Waals surface area contributed by atoms with Gasteiger partial charge < -0.3 is 14.5 Å². The lowest BCUT2D eigenvalue weighted by molar-refractivity contribution is 0.0431. The topological polar surface area (TPSA) is 71.6 Å². The number of carbonyl (C=O) groups excluding carboxylic acids is 2. The van der Waals surface area contributed by atoms with Crippen LogP contribution in [-0.4, -0.2) is 28.4 Å². The standard InChI is InChI=1S/C19H26N2O4/c1-12-10-13-11-14(8-9-15(13)20-12)21(16(22)24-18(2,3)4)17(23)25-19(5,6)7/h8-11,20H,1-7H3. The van der Waals surface area contributed by atoms with Gasteiger partial charge in [0, 0.05) is 16.6 Å². The molecule has 25 heavy (non-hydrogen) atoms. The Balaban J connectivity index is 2.44. The Labute approximate surface area is 148 Å². The predicted octanol–water partition coefficient (Wildman–Crippen LogP) is 5.15. The molecule has 0 unspecified atom stereocenters. The van der Waals surface area contributed by atoms with Crippen LogP contribution in [0.4, 0.5) is 15.3 Å². The number of aromatic nitrogens is 1. The number of aryl methyl sites for hydroxylation is 1. The van der Waals surface area contributed by atoms with Crippen molar-refractivity contribution in [2.45, 2.75) is 59.7 Å². The van der Waals surface area contributed by atoms with Crippen molar-refractivity contribution >= 4 is 28.8 Å². The van der Waals surface area contributed by atoms with Crippen LogP contribution in [0.1, 0.15) is 47.2 Å². The first-order chi connectivity index (χ1) is 11.4. The van der Waals surface area contributed by atoms with Gasteiger partial charge in [0.2, 0.25) is 0 Å². The predicted molar refractivity (Wildman–Crippen MR) is 98.0 cm³/mol. The van der Waals surface area contributed by atoms with Crippen LogP contribution in [0.3, 0.4) is 0 Å². The van der Waals surface area contributed by atoms with Crippen molar-refractivity contribution in [1.29, 1.82) is 0 Å². The molecular weight excluding hydrogens is 320 g/mol. The number of anilines is 1. The average Bonchev–Trinajstić information content (AvgIpc) is 2.73. The second-order valence-electron chi connectivity index (χ2n) is 8.02. The van der Waals surface area contributed by atoms with Crippen molar-refractivity contribution in [2.75, 3.05) is 4.90 Å². The smallest absolute Gasteiger partial charge is 0.424 e. The molecule has 0 aliphatic carbocycles. The SMILES string of the molecule is Cc1cc2cc(N(C(=O)OC(C)(C)C)C(=O)OC(C)(C)C)ccc2[nH]1. The highest BCUT2D eigenvalue weighted by atomic mass is 16.6. The zero-order valence-corrected chi connectivity index (χ0v) is 15.9. The van der Waals surface area contributed by atoms with E-state index in [-0.39, 0.29) is 0 Å². The molecule has 0 atom stereocenters. The number of hydrogen-bond acceptors (Lipinski definition) is 4. The summed E-state index contributed by atoms with van der Waals surface area (Å²) in [6.07, 6.45) is -1.54. The molecule has 0 saturated carbocycles. The minimum Gasteiger partial charge on any atom is -0.443 e. The zero-order chi connectivity index (χ0) is 19.0. The summed E-state index contributed by atoms with van der Waals surface area (Å²) in [4.78, 5) is 29.4. The van der Waals surface area contributed by atoms with E-state index >= 15 is 0 Å². The van der Waals surface area contributed by atoms with E-state index in [0.717, 1.165) is 21.5 Å². The average molecular weight is 346 g/mol. The molecule has 0 aliphatic heterocycles. The Hall–Kier alpha value is -2.50. The first kappa shape index (κ1) is 18.8. The number of aromatic amines is 1. The summed E-state index contributed by atoms with van der Waals surface area (Å²) in [6, 6.07) is 7.21. The van der Waals surface area contributed by atoms with Gasteiger partial charge in [-0.25, -0.2) is 9.59 Å². The Bertz CT molecular complexity index is 766. The Kier molecular flexibility index (Phi) is 4.84. The number of nitrogens with one attached hydrogen (secondary N) is 1.